The zero-order valence-electron chi connectivity index (χ0n) is 19.9. The molecule has 0 saturated heterocycles. The monoisotopic (exact) mass is 641 g/mol. The third-order valence-electron chi connectivity index (χ3n) is 5.74. The maximum atomic E-state index is 4.41. The average Bonchev–Trinajstić information content (AvgIpc) is 2.94. The number of rotatable bonds is 3. The molecule has 6 aromatic rings. The molecule has 0 N–H and O–H groups in total. The summed E-state index contributed by atoms with van der Waals surface area (Å²) < 4.78 is 0. The molecule has 3 heteroatoms. The second-order valence-electron chi connectivity index (χ2n) is 8.23. The summed E-state index contributed by atoms with van der Waals surface area (Å²) in [6, 6.07) is 45.4. The van der Waals surface area contributed by atoms with Gasteiger partial charge in [-0.1, -0.05) is 66.2 Å². The van der Waals surface area contributed by atoms with Gasteiger partial charge in [0.05, 0.1) is 0 Å². The largest absolute Gasteiger partial charge is 0.305 e. The van der Waals surface area contributed by atoms with E-state index in [2.05, 4.69) is 89.7 Å². The van der Waals surface area contributed by atoms with E-state index in [4.69, 9.17) is 0 Å². The molecule has 0 spiro atoms. The van der Waals surface area contributed by atoms with Gasteiger partial charge < -0.3 is 9.97 Å². The second kappa shape index (κ2) is 12.2. The second-order valence-corrected chi connectivity index (χ2v) is 8.23. The van der Waals surface area contributed by atoms with E-state index in [0.717, 1.165) is 22.5 Å². The third kappa shape index (κ3) is 6.01. The Morgan fingerprint density at radius 1 is 0.583 bits per heavy atom. The van der Waals surface area contributed by atoms with Crippen molar-refractivity contribution in [1.82, 2.24) is 9.97 Å². The minimum atomic E-state index is 0. The molecule has 1 radical (unpaired) electrons. The Hall–Kier alpha value is -3.91. The Bertz CT molecular complexity index is 1540. The molecule has 0 saturated carbocycles. The van der Waals surface area contributed by atoms with E-state index in [1.807, 2.05) is 67.0 Å². The van der Waals surface area contributed by atoms with Gasteiger partial charge >= 0.3 is 0 Å². The van der Waals surface area contributed by atoms with Gasteiger partial charge in [-0.2, -0.15) is 0 Å². The Balaban J connectivity index is 0.000000187. The molecular weight excluding hydrogens is 617 g/mol. The van der Waals surface area contributed by atoms with Crippen LogP contribution in [0.25, 0.3) is 44.4 Å². The van der Waals surface area contributed by atoms with E-state index >= 15 is 0 Å². The van der Waals surface area contributed by atoms with Crippen molar-refractivity contribution in [1.29, 1.82) is 0 Å². The molecule has 6 rings (SSSR count). The molecule has 0 atom stereocenters. The van der Waals surface area contributed by atoms with Gasteiger partial charge in [-0.05, 0) is 46.8 Å². The first-order valence-corrected chi connectivity index (χ1v) is 11.6. The quantitative estimate of drug-likeness (QED) is 0.182. The van der Waals surface area contributed by atoms with Gasteiger partial charge in [-0.3, -0.25) is 0 Å². The Labute approximate surface area is 226 Å². The van der Waals surface area contributed by atoms with Crippen molar-refractivity contribution in [3.05, 3.63) is 145 Å². The fraction of sp³-hybridized carbons (Fsp3) is 0.0303. The first-order valence-electron chi connectivity index (χ1n) is 11.6. The smallest absolute Gasteiger partial charge is 0.0163 e. The van der Waals surface area contributed by atoms with Gasteiger partial charge in [0.1, 0.15) is 0 Å². The van der Waals surface area contributed by atoms with Crippen molar-refractivity contribution in [3.8, 4) is 33.6 Å². The van der Waals surface area contributed by atoms with Gasteiger partial charge in [0.15, 0.2) is 0 Å². The maximum absolute atomic E-state index is 4.41. The number of hydrogen-bond acceptors (Lipinski definition) is 2. The van der Waals surface area contributed by atoms with Crippen LogP contribution in [-0.2, 0) is 20.1 Å². The zero-order valence-corrected chi connectivity index (χ0v) is 22.2. The molecule has 0 fully saturated rings. The van der Waals surface area contributed by atoms with Crippen LogP contribution in [0.5, 0.6) is 0 Å². The summed E-state index contributed by atoms with van der Waals surface area (Å²) in [7, 11) is 0. The predicted octanol–water partition coefficient (Wildman–Crippen LogP) is 8.22. The maximum Gasteiger partial charge on any atom is 0.0163 e. The van der Waals surface area contributed by atoms with Crippen molar-refractivity contribution >= 4 is 10.8 Å². The molecule has 2 heterocycles. The van der Waals surface area contributed by atoms with Crippen LogP contribution in [0.4, 0.5) is 0 Å². The Kier molecular flexibility index (Phi) is 8.52. The summed E-state index contributed by atoms with van der Waals surface area (Å²) in [4.78, 5) is 8.69. The van der Waals surface area contributed by atoms with Crippen molar-refractivity contribution in [2.24, 2.45) is 0 Å². The van der Waals surface area contributed by atoms with E-state index in [0.29, 0.717) is 0 Å². The summed E-state index contributed by atoms with van der Waals surface area (Å²) in [5.74, 6) is 0. The molecular formula is C33H24IrN2-2. The van der Waals surface area contributed by atoms with E-state index in [9.17, 15) is 0 Å². The van der Waals surface area contributed by atoms with Crippen LogP contribution in [0, 0.1) is 19.1 Å². The zero-order chi connectivity index (χ0) is 23.9. The predicted molar refractivity (Wildman–Crippen MR) is 145 cm³/mol. The SMILES string of the molecule is Cc1ccnc(-c2[c-]cccc2)c1.[Ir].[c-]1ccc(-c2cccc3ccccc23)cc1-c1ccccn1. The van der Waals surface area contributed by atoms with Gasteiger partial charge in [-0.15, -0.1) is 71.3 Å². The first kappa shape index (κ1) is 25.2. The summed E-state index contributed by atoms with van der Waals surface area (Å²) in [6.45, 7) is 2.06. The summed E-state index contributed by atoms with van der Waals surface area (Å²) >= 11 is 0. The summed E-state index contributed by atoms with van der Waals surface area (Å²) in [5.41, 5.74) is 7.66. The number of aromatic nitrogens is 2. The number of fused-ring (bicyclic) bond motifs is 1. The van der Waals surface area contributed by atoms with Crippen molar-refractivity contribution in [3.63, 3.8) is 0 Å². The van der Waals surface area contributed by atoms with E-state index in [1.54, 1.807) is 0 Å². The van der Waals surface area contributed by atoms with Crippen molar-refractivity contribution in [2.75, 3.05) is 0 Å². The fourth-order valence-electron chi connectivity index (χ4n) is 4.02. The molecule has 2 nitrogen and oxygen atoms in total. The van der Waals surface area contributed by atoms with Gasteiger partial charge in [-0.25, -0.2) is 0 Å². The topological polar surface area (TPSA) is 25.8 Å². The van der Waals surface area contributed by atoms with Crippen LogP contribution in [0.3, 0.4) is 0 Å². The van der Waals surface area contributed by atoms with Crippen molar-refractivity contribution in [2.45, 2.75) is 6.92 Å². The number of pyridine rings is 2. The van der Waals surface area contributed by atoms with Crippen LogP contribution in [0.2, 0.25) is 0 Å². The van der Waals surface area contributed by atoms with Gasteiger partial charge in [0.2, 0.25) is 0 Å². The third-order valence-corrected chi connectivity index (χ3v) is 5.74. The molecule has 0 aliphatic heterocycles. The number of benzene rings is 4. The number of hydrogen-bond donors (Lipinski definition) is 0. The number of aryl methyl sites for hydroxylation is 1. The summed E-state index contributed by atoms with van der Waals surface area (Å²) in [6.07, 6.45) is 3.64. The summed E-state index contributed by atoms with van der Waals surface area (Å²) in [5, 5.41) is 2.52. The average molecular weight is 641 g/mol. The molecule has 36 heavy (non-hydrogen) atoms. The molecule has 0 unspecified atom stereocenters. The standard InChI is InChI=1S/C21H14N.C12H10N.Ir/c1-2-11-19-16(7-1)8-6-12-20(19)17-9-5-10-18(15-17)21-13-3-4-14-22-21;1-10-7-8-13-12(9-10)11-5-3-2-4-6-11;/h1-9,11-15H;2-5,7-9H,1H3;/q2*-1;. The van der Waals surface area contributed by atoms with Crippen LogP contribution < -0.4 is 0 Å². The van der Waals surface area contributed by atoms with Crippen molar-refractivity contribution < 1.29 is 20.1 Å². The molecule has 177 valence electrons. The normalized spacial score (nSPS) is 10.1. The molecule has 0 amide bonds. The van der Waals surface area contributed by atoms with E-state index in [-0.39, 0.29) is 20.1 Å². The van der Waals surface area contributed by atoms with Gasteiger partial charge in [0.25, 0.3) is 0 Å². The van der Waals surface area contributed by atoms with Crippen LogP contribution >= 0.6 is 0 Å². The minimum absolute atomic E-state index is 0. The van der Waals surface area contributed by atoms with Crippen LogP contribution in [0.15, 0.2) is 128 Å². The Morgan fingerprint density at radius 2 is 1.36 bits per heavy atom. The molecule has 0 aliphatic rings. The molecule has 4 aromatic carbocycles. The molecule has 2 aromatic heterocycles. The van der Waals surface area contributed by atoms with E-state index in [1.165, 1.54) is 27.5 Å². The molecule has 0 bridgehead atoms. The van der Waals surface area contributed by atoms with Crippen LogP contribution in [0.1, 0.15) is 5.56 Å². The van der Waals surface area contributed by atoms with E-state index < -0.39 is 0 Å². The van der Waals surface area contributed by atoms with Gasteiger partial charge in [0, 0.05) is 32.5 Å². The minimum Gasteiger partial charge on any atom is -0.305 e. The first-order chi connectivity index (χ1) is 17.3. The Morgan fingerprint density at radius 3 is 2.17 bits per heavy atom. The van der Waals surface area contributed by atoms with Crippen LogP contribution in [-0.4, -0.2) is 9.97 Å². The fourth-order valence-corrected chi connectivity index (χ4v) is 4.02. The molecule has 0 aliphatic carbocycles. The number of nitrogens with zero attached hydrogens (tertiary/aromatic N) is 2.